The molecule has 0 saturated heterocycles. The van der Waals surface area contributed by atoms with Crippen molar-refractivity contribution in [1.29, 1.82) is 0 Å². The van der Waals surface area contributed by atoms with Crippen molar-refractivity contribution in [2.45, 2.75) is 46.1 Å². The molecule has 0 fully saturated rings. The fourth-order valence-electron chi connectivity index (χ4n) is 2.09. The van der Waals surface area contributed by atoms with Crippen LogP contribution in [0.25, 0.3) is 0 Å². The van der Waals surface area contributed by atoms with Crippen LogP contribution in [0.15, 0.2) is 50.1 Å². The van der Waals surface area contributed by atoms with Gasteiger partial charge in [-0.05, 0) is 40.5 Å². The van der Waals surface area contributed by atoms with Gasteiger partial charge in [-0.25, -0.2) is 0 Å². The number of hydrogen-bond donors (Lipinski definition) is 1. The minimum Gasteiger partial charge on any atom is -0.344 e. The van der Waals surface area contributed by atoms with Crippen LogP contribution in [0, 0.1) is 30.1 Å². The average molecular weight is 453 g/mol. The molecule has 0 aliphatic carbocycles. The van der Waals surface area contributed by atoms with Gasteiger partial charge in [0.2, 0.25) is 14.7 Å². The number of terminal acetylenes is 2. The molecule has 4 nitrogen and oxygen atoms in total. The molecular weight excluding hydrogens is 414 g/mol. The summed E-state index contributed by atoms with van der Waals surface area (Å²) in [6.07, 6.45) is 21.7. The van der Waals surface area contributed by atoms with Crippen LogP contribution < -0.4 is 0 Å². The lowest BCUT2D eigenvalue weighted by molar-refractivity contribution is 0.177. The minimum absolute atomic E-state index is 0.277. The van der Waals surface area contributed by atoms with E-state index in [2.05, 4.69) is 31.6 Å². The van der Waals surface area contributed by atoms with Crippen LogP contribution in [-0.2, 0) is 13.7 Å². The maximum atomic E-state index is 12.1. The molecule has 0 rings (SSSR count). The molecule has 0 spiro atoms. The Morgan fingerprint density at radius 1 is 0.933 bits per heavy atom. The highest BCUT2D eigenvalue weighted by Gasteiger charge is 2.28. The lowest BCUT2D eigenvalue weighted by atomic mass is 9.94. The van der Waals surface area contributed by atoms with Gasteiger partial charge in [0.15, 0.2) is 0 Å². The monoisotopic (exact) mass is 452 g/mol. The zero-order chi connectivity index (χ0) is 23.9. The molecule has 1 atom stereocenters. The predicted molar refractivity (Wildman–Crippen MR) is 132 cm³/mol. The molecule has 1 N–H and O–H groups in total. The van der Waals surface area contributed by atoms with Crippen LogP contribution >= 0.6 is 14.7 Å². The Hall–Kier alpha value is -1.54. The summed E-state index contributed by atoms with van der Waals surface area (Å²) in [5.74, 6) is 5.09. The zero-order valence-corrected chi connectivity index (χ0v) is 20.8. The van der Waals surface area contributed by atoms with Gasteiger partial charge in [0, 0.05) is 30.1 Å². The van der Waals surface area contributed by atoms with Crippen molar-refractivity contribution in [2.75, 3.05) is 24.6 Å². The second kappa shape index (κ2) is 14.5. The summed E-state index contributed by atoms with van der Waals surface area (Å²) in [6.45, 7) is 17.9. The van der Waals surface area contributed by atoms with Crippen molar-refractivity contribution in [3.63, 3.8) is 0 Å². The van der Waals surface area contributed by atoms with Crippen LogP contribution in [0.1, 0.15) is 40.5 Å². The van der Waals surface area contributed by atoms with E-state index < -0.39 is 20.3 Å². The number of hydrogen-bond acceptors (Lipinski definition) is 3. The van der Waals surface area contributed by atoms with Crippen LogP contribution in [-0.4, -0.2) is 35.1 Å². The van der Waals surface area contributed by atoms with Gasteiger partial charge < -0.3 is 9.42 Å². The van der Waals surface area contributed by atoms with Gasteiger partial charge in [-0.15, -0.1) is 32.6 Å². The lowest BCUT2D eigenvalue weighted by Gasteiger charge is -2.25. The first kappa shape index (κ1) is 30.7. The van der Waals surface area contributed by atoms with Crippen molar-refractivity contribution in [3.8, 4) is 24.7 Å². The molecule has 0 aliphatic heterocycles. The molecule has 0 amide bonds. The molecular formula is C24H38O4P2. The third-order valence-corrected chi connectivity index (χ3v) is 8.12. The van der Waals surface area contributed by atoms with Crippen LogP contribution in [0.2, 0.25) is 0 Å². The van der Waals surface area contributed by atoms with E-state index in [1.165, 1.54) is 0 Å². The van der Waals surface area contributed by atoms with E-state index in [1.54, 1.807) is 32.1 Å². The first-order valence-corrected chi connectivity index (χ1v) is 13.8. The second-order valence-corrected chi connectivity index (χ2v) is 13.1. The maximum Gasteiger partial charge on any atom is 0.211 e. The Morgan fingerprint density at radius 3 is 1.83 bits per heavy atom. The van der Waals surface area contributed by atoms with E-state index >= 15 is 0 Å². The van der Waals surface area contributed by atoms with E-state index in [0.29, 0.717) is 37.5 Å². The second-order valence-electron chi connectivity index (χ2n) is 7.93. The molecule has 0 saturated carbocycles. The van der Waals surface area contributed by atoms with Crippen molar-refractivity contribution < 1.29 is 18.5 Å². The van der Waals surface area contributed by atoms with Gasteiger partial charge in [-0.1, -0.05) is 42.2 Å². The standard InChI is InChI=1S/C13H21O2P.C11H17O2P/c1-5-7-11-16(14,15)12-9-8-10-13(3,4)6-2;1-6-9-14(12,10-7-2)13-11(4,5)8-3/h2,5,8,10H,1,7,9,11-12H2,3-4H3,(H,14,15);3,6-7H,1-2,9-10H2,4-5H3. The molecule has 30 heavy (non-hydrogen) atoms. The molecule has 0 aliphatic rings. The molecule has 0 heterocycles. The first-order valence-electron chi connectivity index (χ1n) is 9.77. The van der Waals surface area contributed by atoms with Crippen LogP contribution in [0.3, 0.4) is 0 Å². The van der Waals surface area contributed by atoms with Crippen LogP contribution in [0.5, 0.6) is 0 Å². The third kappa shape index (κ3) is 16.3. The highest BCUT2D eigenvalue weighted by Crippen LogP contribution is 2.50. The molecule has 0 aromatic heterocycles. The topological polar surface area (TPSA) is 63.6 Å². The Balaban J connectivity index is 0. The Kier molecular flexibility index (Phi) is 14.8. The largest absolute Gasteiger partial charge is 0.344 e. The van der Waals surface area contributed by atoms with Gasteiger partial charge in [0.05, 0.1) is 0 Å². The molecule has 6 heteroatoms. The van der Waals surface area contributed by atoms with E-state index in [4.69, 9.17) is 17.4 Å². The van der Waals surface area contributed by atoms with E-state index in [1.807, 2.05) is 26.0 Å². The van der Waals surface area contributed by atoms with Crippen molar-refractivity contribution in [2.24, 2.45) is 5.41 Å². The quantitative estimate of drug-likeness (QED) is 0.197. The SMILES string of the molecule is C#CC(C)(C)C=CCCP(=O)(O)CCC=C.C#CC(C)(C)OP(=O)(CC=C)CC=C. The lowest BCUT2D eigenvalue weighted by Crippen LogP contribution is -2.21. The summed E-state index contributed by atoms with van der Waals surface area (Å²) in [6, 6.07) is 0. The number of rotatable bonds is 13. The average Bonchev–Trinajstić information content (AvgIpc) is 2.64. The van der Waals surface area contributed by atoms with Gasteiger partial charge in [-0.3, -0.25) is 9.13 Å². The summed E-state index contributed by atoms with van der Waals surface area (Å²) in [4.78, 5) is 9.57. The fraction of sp³-hybridized carbons (Fsp3) is 0.500. The zero-order valence-electron chi connectivity index (χ0n) is 19.0. The summed E-state index contributed by atoms with van der Waals surface area (Å²) < 4.78 is 29.2. The van der Waals surface area contributed by atoms with Crippen molar-refractivity contribution in [3.05, 3.63) is 50.1 Å². The smallest absolute Gasteiger partial charge is 0.211 e. The summed E-state index contributed by atoms with van der Waals surface area (Å²) in [7, 11) is -5.71. The Bertz CT molecular complexity index is 747. The first-order chi connectivity index (χ1) is 13.7. The van der Waals surface area contributed by atoms with Gasteiger partial charge in [0.25, 0.3) is 0 Å². The molecule has 0 bridgehead atoms. The summed E-state index contributed by atoms with van der Waals surface area (Å²) in [5.41, 5.74) is -1.08. The molecule has 168 valence electrons. The van der Waals surface area contributed by atoms with Gasteiger partial charge in [0.1, 0.15) is 5.60 Å². The van der Waals surface area contributed by atoms with Gasteiger partial charge >= 0.3 is 0 Å². The molecule has 0 aromatic carbocycles. The van der Waals surface area contributed by atoms with Crippen LogP contribution in [0.4, 0.5) is 0 Å². The minimum atomic E-state index is -2.97. The summed E-state index contributed by atoms with van der Waals surface area (Å²) in [5, 5.41) is 0. The maximum absolute atomic E-state index is 12.1. The van der Waals surface area contributed by atoms with E-state index in [-0.39, 0.29) is 5.41 Å². The van der Waals surface area contributed by atoms with E-state index in [0.717, 1.165) is 0 Å². The molecule has 0 aromatic rings. The third-order valence-electron chi connectivity index (χ3n) is 3.79. The number of allylic oxidation sites excluding steroid dienone is 5. The summed E-state index contributed by atoms with van der Waals surface area (Å²) >= 11 is 0. The Morgan fingerprint density at radius 2 is 1.43 bits per heavy atom. The highest BCUT2D eigenvalue weighted by atomic mass is 31.2. The van der Waals surface area contributed by atoms with Crippen molar-refractivity contribution >= 4 is 14.7 Å². The fourth-order valence-corrected chi connectivity index (χ4v) is 5.42. The molecule has 0 radical (unpaired) electrons. The normalized spacial score (nSPS) is 13.8. The highest BCUT2D eigenvalue weighted by molar-refractivity contribution is 7.59. The van der Waals surface area contributed by atoms with E-state index in [9.17, 15) is 14.0 Å². The molecule has 1 unspecified atom stereocenters. The Labute approximate surface area is 184 Å². The van der Waals surface area contributed by atoms with Crippen molar-refractivity contribution in [1.82, 2.24) is 0 Å². The van der Waals surface area contributed by atoms with Gasteiger partial charge in [-0.2, -0.15) is 0 Å². The predicted octanol–water partition coefficient (Wildman–Crippen LogP) is 6.50.